The number of rotatable bonds is 3. The van der Waals surface area contributed by atoms with Gasteiger partial charge in [0.05, 0.1) is 17.1 Å². The highest BCUT2D eigenvalue weighted by Crippen LogP contribution is 2.16. The number of nitrogens with two attached hydrogens (primary N) is 1. The highest BCUT2D eigenvalue weighted by molar-refractivity contribution is 5.74. The van der Waals surface area contributed by atoms with Gasteiger partial charge < -0.3 is 15.7 Å². The molecule has 3 aromatic rings. The quantitative estimate of drug-likeness (QED) is 0.634. The predicted octanol–water partition coefficient (Wildman–Crippen LogP) is 1.53. The molecular formula is C12H13N5. The van der Waals surface area contributed by atoms with E-state index in [0.717, 1.165) is 22.7 Å². The normalized spacial score (nSPS) is 13.0. The summed E-state index contributed by atoms with van der Waals surface area (Å²) in [5.41, 5.74) is 8.05. The molecule has 5 heteroatoms. The Morgan fingerprint density at radius 2 is 2.18 bits per heavy atom. The second kappa shape index (κ2) is 4.03. The molecule has 86 valence electrons. The summed E-state index contributed by atoms with van der Waals surface area (Å²) in [4.78, 5) is 14.9. The number of aromatic amines is 2. The van der Waals surface area contributed by atoms with E-state index < -0.39 is 0 Å². The first-order valence-corrected chi connectivity index (χ1v) is 5.51. The van der Waals surface area contributed by atoms with Gasteiger partial charge in [-0.05, 0) is 12.1 Å². The van der Waals surface area contributed by atoms with Crippen LogP contribution in [-0.2, 0) is 6.42 Å². The van der Waals surface area contributed by atoms with Gasteiger partial charge in [-0.2, -0.15) is 0 Å². The van der Waals surface area contributed by atoms with Gasteiger partial charge in [-0.1, -0.05) is 12.1 Å². The molecule has 5 nitrogen and oxygen atoms in total. The third-order valence-corrected chi connectivity index (χ3v) is 2.73. The first kappa shape index (κ1) is 10.0. The summed E-state index contributed by atoms with van der Waals surface area (Å²) < 4.78 is 0. The van der Waals surface area contributed by atoms with Gasteiger partial charge in [0.25, 0.3) is 0 Å². The van der Waals surface area contributed by atoms with E-state index in [-0.39, 0.29) is 6.04 Å². The number of fused-ring (bicyclic) bond motifs is 1. The maximum atomic E-state index is 6.10. The minimum absolute atomic E-state index is 0.173. The molecule has 1 unspecified atom stereocenters. The number of hydrogen-bond donors (Lipinski definition) is 3. The number of aromatic nitrogens is 4. The molecule has 0 aliphatic carbocycles. The average Bonchev–Trinajstić information content (AvgIpc) is 2.96. The Morgan fingerprint density at radius 1 is 1.29 bits per heavy atom. The molecule has 0 saturated carbocycles. The summed E-state index contributed by atoms with van der Waals surface area (Å²) in [5, 5.41) is 0. The van der Waals surface area contributed by atoms with Crippen LogP contribution in [0, 0.1) is 0 Å². The molecule has 0 spiro atoms. The molecule has 4 N–H and O–H groups in total. The summed E-state index contributed by atoms with van der Waals surface area (Å²) in [7, 11) is 0. The van der Waals surface area contributed by atoms with Gasteiger partial charge in [-0.25, -0.2) is 9.97 Å². The zero-order valence-electron chi connectivity index (χ0n) is 9.22. The Kier molecular flexibility index (Phi) is 2.38. The monoisotopic (exact) mass is 227 g/mol. The van der Waals surface area contributed by atoms with Crippen molar-refractivity contribution in [2.75, 3.05) is 0 Å². The topological polar surface area (TPSA) is 83.4 Å². The standard InChI is InChI=1S/C12H13N5/c13-8(7-11-14-5-6-15-11)12-16-9-3-1-2-4-10(9)17-12/h1-6,8H,7,13H2,(H,14,15)(H,16,17). The number of nitrogens with one attached hydrogen (secondary N) is 2. The van der Waals surface area contributed by atoms with E-state index in [2.05, 4.69) is 19.9 Å². The fraction of sp³-hybridized carbons (Fsp3) is 0.167. The molecule has 0 fully saturated rings. The zero-order chi connectivity index (χ0) is 11.7. The van der Waals surface area contributed by atoms with Crippen molar-refractivity contribution in [3.05, 3.63) is 48.3 Å². The van der Waals surface area contributed by atoms with Crippen molar-refractivity contribution in [1.29, 1.82) is 0 Å². The SMILES string of the molecule is NC(Cc1ncc[nH]1)c1nc2ccccc2[nH]1. The lowest BCUT2D eigenvalue weighted by atomic mass is 10.2. The molecule has 0 aliphatic heterocycles. The Bertz CT molecular complexity index is 578. The van der Waals surface area contributed by atoms with Crippen LogP contribution in [0.2, 0.25) is 0 Å². The maximum Gasteiger partial charge on any atom is 0.124 e. The molecule has 0 amide bonds. The van der Waals surface area contributed by atoms with Crippen LogP contribution in [0.3, 0.4) is 0 Å². The van der Waals surface area contributed by atoms with Crippen molar-refractivity contribution in [2.45, 2.75) is 12.5 Å². The van der Waals surface area contributed by atoms with E-state index in [1.54, 1.807) is 12.4 Å². The van der Waals surface area contributed by atoms with Gasteiger partial charge in [-0.3, -0.25) is 0 Å². The zero-order valence-corrected chi connectivity index (χ0v) is 9.22. The van der Waals surface area contributed by atoms with E-state index in [0.29, 0.717) is 6.42 Å². The Balaban J connectivity index is 1.88. The van der Waals surface area contributed by atoms with Crippen LogP contribution in [0.15, 0.2) is 36.7 Å². The molecule has 2 aromatic heterocycles. The summed E-state index contributed by atoms with van der Waals surface area (Å²) >= 11 is 0. The predicted molar refractivity (Wildman–Crippen MR) is 65.3 cm³/mol. The van der Waals surface area contributed by atoms with Gasteiger partial charge in [0.15, 0.2) is 0 Å². The smallest absolute Gasteiger partial charge is 0.124 e. The minimum Gasteiger partial charge on any atom is -0.349 e. The van der Waals surface area contributed by atoms with Crippen LogP contribution < -0.4 is 5.73 Å². The highest BCUT2D eigenvalue weighted by Gasteiger charge is 2.12. The molecule has 0 aliphatic rings. The molecule has 1 atom stereocenters. The molecule has 17 heavy (non-hydrogen) atoms. The van der Waals surface area contributed by atoms with Crippen molar-refractivity contribution in [2.24, 2.45) is 5.73 Å². The molecule has 0 bridgehead atoms. The van der Waals surface area contributed by atoms with Crippen molar-refractivity contribution >= 4 is 11.0 Å². The van der Waals surface area contributed by atoms with Crippen molar-refractivity contribution in [1.82, 2.24) is 19.9 Å². The molecule has 1 aromatic carbocycles. The maximum absolute atomic E-state index is 6.10. The summed E-state index contributed by atoms with van der Waals surface area (Å²) in [5.74, 6) is 1.67. The number of imidazole rings is 2. The molecule has 2 heterocycles. The van der Waals surface area contributed by atoms with E-state index in [9.17, 15) is 0 Å². The number of hydrogen-bond acceptors (Lipinski definition) is 3. The Hall–Kier alpha value is -2.14. The van der Waals surface area contributed by atoms with Gasteiger partial charge in [-0.15, -0.1) is 0 Å². The fourth-order valence-corrected chi connectivity index (χ4v) is 1.86. The fourth-order valence-electron chi connectivity index (χ4n) is 1.86. The number of benzene rings is 1. The second-order valence-corrected chi connectivity index (χ2v) is 3.99. The van der Waals surface area contributed by atoms with Crippen LogP contribution in [0.5, 0.6) is 0 Å². The van der Waals surface area contributed by atoms with Crippen LogP contribution in [0.1, 0.15) is 17.7 Å². The Labute approximate surface area is 98.1 Å². The third kappa shape index (κ3) is 1.92. The highest BCUT2D eigenvalue weighted by atomic mass is 15.0. The second-order valence-electron chi connectivity index (χ2n) is 3.99. The van der Waals surface area contributed by atoms with E-state index >= 15 is 0 Å². The van der Waals surface area contributed by atoms with Crippen LogP contribution in [-0.4, -0.2) is 19.9 Å². The lowest BCUT2D eigenvalue weighted by Crippen LogP contribution is -2.15. The van der Waals surface area contributed by atoms with Crippen LogP contribution >= 0.6 is 0 Å². The van der Waals surface area contributed by atoms with Crippen molar-refractivity contribution in [3.63, 3.8) is 0 Å². The third-order valence-electron chi connectivity index (χ3n) is 2.73. The first-order chi connectivity index (χ1) is 8.33. The Morgan fingerprint density at radius 3 is 2.94 bits per heavy atom. The largest absolute Gasteiger partial charge is 0.349 e. The van der Waals surface area contributed by atoms with Gasteiger partial charge in [0, 0.05) is 18.8 Å². The summed E-state index contributed by atoms with van der Waals surface area (Å²) in [6, 6.07) is 7.72. The van der Waals surface area contributed by atoms with Crippen LogP contribution in [0.4, 0.5) is 0 Å². The molecule has 3 rings (SSSR count). The molecular weight excluding hydrogens is 214 g/mol. The van der Waals surface area contributed by atoms with E-state index in [1.165, 1.54) is 0 Å². The average molecular weight is 227 g/mol. The van der Waals surface area contributed by atoms with Gasteiger partial charge in [0.1, 0.15) is 11.6 Å². The van der Waals surface area contributed by atoms with Gasteiger partial charge in [0.2, 0.25) is 0 Å². The van der Waals surface area contributed by atoms with Crippen LogP contribution in [0.25, 0.3) is 11.0 Å². The van der Waals surface area contributed by atoms with E-state index in [4.69, 9.17) is 5.73 Å². The summed E-state index contributed by atoms with van der Waals surface area (Å²) in [6.45, 7) is 0. The minimum atomic E-state index is -0.173. The molecule has 0 radical (unpaired) electrons. The van der Waals surface area contributed by atoms with Gasteiger partial charge >= 0.3 is 0 Å². The van der Waals surface area contributed by atoms with Crippen molar-refractivity contribution < 1.29 is 0 Å². The lowest BCUT2D eigenvalue weighted by Gasteiger charge is -2.05. The number of para-hydroxylation sites is 2. The number of nitrogens with zero attached hydrogens (tertiary/aromatic N) is 2. The molecule has 0 saturated heterocycles. The lowest BCUT2D eigenvalue weighted by molar-refractivity contribution is 0.659. The summed E-state index contributed by atoms with van der Waals surface area (Å²) in [6.07, 6.45) is 4.16. The number of H-pyrrole nitrogens is 2. The first-order valence-electron chi connectivity index (χ1n) is 5.51. The van der Waals surface area contributed by atoms with Crippen molar-refractivity contribution in [3.8, 4) is 0 Å². The van der Waals surface area contributed by atoms with E-state index in [1.807, 2.05) is 24.3 Å².